The van der Waals surface area contributed by atoms with Crippen LogP contribution in [-0.4, -0.2) is 36.9 Å². The molecule has 0 spiro atoms. The molecule has 0 aliphatic rings. The number of benzene rings is 1. The predicted octanol–water partition coefficient (Wildman–Crippen LogP) is 2.14. The van der Waals surface area contributed by atoms with Gasteiger partial charge in [0.1, 0.15) is 11.4 Å². The Morgan fingerprint density at radius 1 is 1.03 bits per heavy atom. The number of anilines is 1. The minimum Gasteiger partial charge on any atom is -0.346 e. The highest BCUT2D eigenvalue weighted by Gasteiger charge is 2.11. The zero-order chi connectivity index (χ0) is 20.9. The van der Waals surface area contributed by atoms with Crippen molar-refractivity contribution < 1.29 is 14.2 Å². The Hall–Kier alpha value is -4.34. The summed E-state index contributed by atoms with van der Waals surface area (Å²) in [6.45, 7) is 1.99. The molecule has 0 radical (unpaired) electrons. The third-order valence-corrected chi connectivity index (χ3v) is 4.32. The highest BCUT2D eigenvalue weighted by Crippen LogP contribution is 2.14. The molecule has 0 fully saturated rings. The van der Waals surface area contributed by atoms with Gasteiger partial charge in [-0.25, -0.2) is 9.31 Å². The predicted molar refractivity (Wildman–Crippen MR) is 106 cm³/mol. The molecule has 4 aromatic rings. The van der Waals surface area contributed by atoms with Gasteiger partial charge >= 0.3 is 0 Å². The lowest BCUT2D eigenvalue weighted by Gasteiger charge is -2.05. The minimum atomic E-state index is -0.271. The summed E-state index contributed by atoms with van der Waals surface area (Å²) in [7, 11) is 0. The van der Waals surface area contributed by atoms with Crippen LogP contribution in [0.5, 0.6) is 0 Å². The van der Waals surface area contributed by atoms with Crippen molar-refractivity contribution >= 4 is 17.5 Å². The molecule has 0 aliphatic heterocycles. The Bertz CT molecular complexity index is 1170. The van der Waals surface area contributed by atoms with E-state index in [4.69, 9.17) is 0 Å². The number of rotatable bonds is 6. The molecule has 30 heavy (non-hydrogen) atoms. The van der Waals surface area contributed by atoms with E-state index in [1.54, 1.807) is 66.6 Å². The largest absolute Gasteiger partial charge is 0.346 e. The van der Waals surface area contributed by atoms with Crippen LogP contribution in [0.3, 0.4) is 0 Å². The zero-order valence-electron chi connectivity index (χ0n) is 15.9. The monoisotopic (exact) mass is 403 g/mol. The minimum absolute atomic E-state index is 0.231. The average Bonchev–Trinajstić information content (AvgIpc) is 3.41. The highest BCUT2D eigenvalue weighted by molar-refractivity contribution is 6.03. The van der Waals surface area contributed by atoms with Crippen LogP contribution < -0.4 is 10.6 Å². The number of nitrogens with one attached hydrogen (secondary N) is 2. The van der Waals surface area contributed by atoms with Gasteiger partial charge in [0.2, 0.25) is 0 Å². The summed E-state index contributed by atoms with van der Waals surface area (Å²) >= 11 is 0. The fraction of sp³-hybridized carbons (Fsp3) is 0.100. The number of amides is 2. The Kier molecular flexibility index (Phi) is 5.29. The van der Waals surface area contributed by atoms with Crippen LogP contribution >= 0.6 is 0 Å². The van der Waals surface area contributed by atoms with Gasteiger partial charge in [0.05, 0.1) is 35.9 Å². The van der Waals surface area contributed by atoms with E-state index < -0.39 is 0 Å². The van der Waals surface area contributed by atoms with Crippen LogP contribution in [-0.2, 0) is 6.54 Å². The Labute approximate surface area is 170 Å². The van der Waals surface area contributed by atoms with Crippen molar-refractivity contribution in [2.75, 3.05) is 5.32 Å². The van der Waals surface area contributed by atoms with Crippen molar-refractivity contribution in [3.05, 3.63) is 83.7 Å². The molecule has 0 atom stereocenters. The second kappa shape index (κ2) is 8.35. The first kappa shape index (κ1) is 19.0. The van der Waals surface area contributed by atoms with Gasteiger partial charge in [-0.15, -0.1) is 0 Å². The first-order chi connectivity index (χ1) is 14.6. The number of pyridine rings is 1. The van der Waals surface area contributed by atoms with Gasteiger partial charge in [-0.05, 0) is 43.3 Å². The Morgan fingerprint density at radius 3 is 2.57 bits per heavy atom. The van der Waals surface area contributed by atoms with E-state index in [1.807, 2.05) is 0 Å². The van der Waals surface area contributed by atoms with Crippen LogP contribution in [0.25, 0.3) is 5.69 Å². The quantitative estimate of drug-likeness (QED) is 0.505. The molecule has 0 aliphatic carbocycles. The molecule has 2 amide bonds. The second-order valence-electron chi connectivity index (χ2n) is 6.40. The number of hydrogen-bond donors (Lipinski definition) is 2. The number of aromatic nitrogens is 5. The van der Waals surface area contributed by atoms with Crippen LogP contribution in [0.1, 0.15) is 32.1 Å². The number of carbonyl (C=O) groups excluding carboxylic acids is 2. The third kappa shape index (κ3) is 4.22. The number of hydrogen-bond acceptors (Lipinski definition) is 7. The van der Waals surface area contributed by atoms with Crippen LogP contribution in [0, 0.1) is 6.92 Å². The zero-order valence-corrected chi connectivity index (χ0v) is 15.9. The van der Waals surface area contributed by atoms with E-state index in [2.05, 4.69) is 35.7 Å². The maximum absolute atomic E-state index is 12.3. The molecule has 3 heterocycles. The molecule has 1 aromatic carbocycles. The smallest absolute Gasteiger partial charge is 0.257 e. The molecule has 2 N–H and O–H groups in total. The summed E-state index contributed by atoms with van der Waals surface area (Å²) in [5.74, 6) is -0.513. The van der Waals surface area contributed by atoms with E-state index in [1.165, 1.54) is 6.20 Å². The molecule has 150 valence electrons. The SMILES string of the molecule is Cc1nonc1CNC(=O)c1ccc(-n2cc(NC(=O)c3cccnc3)cn2)cc1. The van der Waals surface area contributed by atoms with Gasteiger partial charge in [0, 0.05) is 18.0 Å². The van der Waals surface area contributed by atoms with Crippen molar-refractivity contribution in [3.8, 4) is 5.69 Å². The second-order valence-corrected chi connectivity index (χ2v) is 6.40. The summed E-state index contributed by atoms with van der Waals surface area (Å²) in [4.78, 5) is 28.4. The van der Waals surface area contributed by atoms with E-state index in [0.29, 0.717) is 28.2 Å². The lowest BCUT2D eigenvalue weighted by atomic mass is 10.2. The third-order valence-electron chi connectivity index (χ3n) is 4.32. The van der Waals surface area contributed by atoms with E-state index in [0.717, 1.165) is 5.69 Å². The number of carbonyl (C=O) groups is 2. The normalized spacial score (nSPS) is 10.6. The lowest BCUT2D eigenvalue weighted by Crippen LogP contribution is -2.23. The van der Waals surface area contributed by atoms with Crippen LogP contribution in [0.4, 0.5) is 5.69 Å². The van der Waals surface area contributed by atoms with Crippen molar-refractivity contribution in [1.29, 1.82) is 0 Å². The topological polar surface area (TPSA) is 128 Å². The van der Waals surface area contributed by atoms with Crippen molar-refractivity contribution in [2.45, 2.75) is 13.5 Å². The van der Waals surface area contributed by atoms with Crippen molar-refractivity contribution in [3.63, 3.8) is 0 Å². The summed E-state index contributed by atoms with van der Waals surface area (Å²) in [6.07, 6.45) is 6.32. The number of nitrogens with zero attached hydrogens (tertiary/aromatic N) is 5. The fourth-order valence-corrected chi connectivity index (χ4v) is 2.67. The van der Waals surface area contributed by atoms with Crippen LogP contribution in [0.15, 0.2) is 65.8 Å². The molecular weight excluding hydrogens is 386 g/mol. The van der Waals surface area contributed by atoms with Crippen molar-refractivity contribution in [1.82, 2.24) is 30.4 Å². The maximum atomic E-state index is 12.3. The first-order valence-electron chi connectivity index (χ1n) is 9.03. The first-order valence-corrected chi connectivity index (χ1v) is 9.03. The standard InChI is InChI=1S/C20H17N7O3/c1-13-18(26-30-25-13)11-22-19(28)14-4-6-17(7-5-14)27-12-16(10-23-27)24-20(29)15-3-2-8-21-9-15/h2-10,12H,11H2,1H3,(H,22,28)(H,24,29). The van der Waals surface area contributed by atoms with Crippen LogP contribution in [0.2, 0.25) is 0 Å². The van der Waals surface area contributed by atoms with Gasteiger partial charge in [-0.3, -0.25) is 14.6 Å². The maximum Gasteiger partial charge on any atom is 0.257 e. The molecule has 10 heteroatoms. The van der Waals surface area contributed by atoms with Gasteiger partial charge in [-0.1, -0.05) is 10.3 Å². The molecule has 0 saturated carbocycles. The van der Waals surface area contributed by atoms with Gasteiger partial charge in [-0.2, -0.15) is 5.10 Å². The Balaban J connectivity index is 1.39. The van der Waals surface area contributed by atoms with Crippen molar-refractivity contribution in [2.24, 2.45) is 0 Å². The van der Waals surface area contributed by atoms with Gasteiger partial charge in [0.15, 0.2) is 0 Å². The molecule has 0 bridgehead atoms. The van der Waals surface area contributed by atoms with Gasteiger partial charge in [0.25, 0.3) is 11.8 Å². The molecule has 10 nitrogen and oxygen atoms in total. The molecular formula is C20H17N7O3. The molecule has 3 aromatic heterocycles. The fourth-order valence-electron chi connectivity index (χ4n) is 2.67. The van der Waals surface area contributed by atoms with E-state index >= 15 is 0 Å². The van der Waals surface area contributed by atoms with E-state index in [-0.39, 0.29) is 18.4 Å². The summed E-state index contributed by atoms with van der Waals surface area (Å²) in [5, 5.41) is 17.2. The number of aryl methyl sites for hydroxylation is 1. The summed E-state index contributed by atoms with van der Waals surface area (Å²) < 4.78 is 6.21. The average molecular weight is 403 g/mol. The molecule has 4 rings (SSSR count). The summed E-state index contributed by atoms with van der Waals surface area (Å²) in [5.41, 5.74) is 3.45. The molecule has 0 saturated heterocycles. The summed E-state index contributed by atoms with van der Waals surface area (Å²) in [6, 6.07) is 10.3. The highest BCUT2D eigenvalue weighted by atomic mass is 16.6. The molecule has 0 unspecified atom stereocenters. The Morgan fingerprint density at radius 2 is 1.87 bits per heavy atom. The van der Waals surface area contributed by atoms with Gasteiger partial charge < -0.3 is 10.6 Å². The van der Waals surface area contributed by atoms with E-state index in [9.17, 15) is 9.59 Å². The lowest BCUT2D eigenvalue weighted by molar-refractivity contribution is 0.0949.